The van der Waals surface area contributed by atoms with Gasteiger partial charge in [-0.05, 0) is 43.9 Å². The van der Waals surface area contributed by atoms with Crippen molar-refractivity contribution >= 4 is 28.0 Å². The SMILES string of the molecule is C[C@H](Cn1cnc(F)c1)Oc1cccc2cc(-c3nc4cc5c(nc4n3C)CCN(C[C@H](N)CF)C5=O)n(CC3CC3)c12. The normalized spacial score (nSPS) is 16.7. The second-order valence-electron chi connectivity index (χ2n) is 11.8. The van der Waals surface area contributed by atoms with Gasteiger partial charge in [0.15, 0.2) is 11.5 Å². The van der Waals surface area contributed by atoms with E-state index in [1.165, 1.54) is 25.4 Å². The van der Waals surface area contributed by atoms with E-state index in [2.05, 4.69) is 21.7 Å². The Balaban J connectivity index is 1.27. The van der Waals surface area contributed by atoms with Crippen molar-refractivity contribution < 1.29 is 18.3 Å². The van der Waals surface area contributed by atoms with Crippen molar-refractivity contribution in [2.45, 2.75) is 51.4 Å². The van der Waals surface area contributed by atoms with Gasteiger partial charge in [0, 0.05) is 38.5 Å². The summed E-state index contributed by atoms with van der Waals surface area (Å²) in [6.45, 7) is 3.19. The summed E-state index contributed by atoms with van der Waals surface area (Å²) in [5.74, 6) is 1.37. The van der Waals surface area contributed by atoms with Crippen molar-refractivity contribution in [2.24, 2.45) is 18.7 Å². The largest absolute Gasteiger partial charge is 0.487 e. The number of nitrogens with zero attached hydrogens (tertiary/aromatic N) is 7. The van der Waals surface area contributed by atoms with E-state index in [4.69, 9.17) is 20.4 Å². The lowest BCUT2D eigenvalue weighted by atomic mass is 10.0. The van der Waals surface area contributed by atoms with E-state index in [0.29, 0.717) is 42.2 Å². The van der Waals surface area contributed by atoms with Crippen molar-refractivity contribution in [2.75, 3.05) is 19.8 Å². The minimum absolute atomic E-state index is 0.170. The number of ether oxygens (including phenoxy) is 1. The summed E-state index contributed by atoms with van der Waals surface area (Å²) in [5.41, 5.74) is 10.3. The number of aromatic nitrogens is 6. The van der Waals surface area contributed by atoms with Gasteiger partial charge >= 0.3 is 0 Å². The fraction of sp³-hybridized carbons (Fsp3) is 0.419. The third kappa shape index (κ3) is 5.13. The van der Waals surface area contributed by atoms with Crippen molar-refractivity contribution in [3.8, 4) is 17.3 Å². The molecule has 1 aliphatic carbocycles. The number of benzene rings is 1. The highest BCUT2D eigenvalue weighted by molar-refractivity contribution is 5.99. The molecule has 2 aliphatic rings. The Morgan fingerprint density at radius 3 is 2.77 bits per heavy atom. The summed E-state index contributed by atoms with van der Waals surface area (Å²) in [6.07, 6.45) is 5.51. The minimum atomic E-state index is -0.706. The molecule has 43 heavy (non-hydrogen) atoms. The molecule has 7 rings (SSSR count). The maximum Gasteiger partial charge on any atom is 0.255 e. The van der Waals surface area contributed by atoms with Crippen LogP contribution in [0.15, 0.2) is 42.9 Å². The molecule has 0 spiro atoms. The molecule has 1 aliphatic heterocycles. The molecule has 1 saturated carbocycles. The predicted octanol–water partition coefficient (Wildman–Crippen LogP) is 4.10. The third-order valence-electron chi connectivity index (χ3n) is 8.36. The first kappa shape index (κ1) is 27.5. The number of hydrogen-bond donors (Lipinski definition) is 1. The van der Waals surface area contributed by atoms with E-state index in [1.807, 2.05) is 30.7 Å². The van der Waals surface area contributed by atoms with Crippen LogP contribution in [-0.2, 0) is 26.6 Å². The standard InChI is InChI=1S/C31H34F2N8O2/c1-18(13-39-16-27(33)35-17-39)43-26-5-3-4-20-10-25(41(28(20)26)14-19-6-7-19)30-37-24-11-22-23(36-29(24)38(30)2)8-9-40(31(22)42)15-21(34)12-32/h3-5,10-11,16-19,21H,6-9,12-15,34H2,1-2H3/t18-,21-/m1/s1. The summed E-state index contributed by atoms with van der Waals surface area (Å²) < 4.78 is 38.9. The van der Waals surface area contributed by atoms with Gasteiger partial charge in [0.05, 0.1) is 47.6 Å². The Labute approximate surface area is 247 Å². The van der Waals surface area contributed by atoms with Crippen LogP contribution < -0.4 is 10.5 Å². The molecular weight excluding hydrogens is 554 g/mol. The number of fused-ring (bicyclic) bond motifs is 3. The highest BCUT2D eigenvalue weighted by Crippen LogP contribution is 2.39. The zero-order chi connectivity index (χ0) is 29.8. The van der Waals surface area contributed by atoms with Gasteiger partial charge in [-0.1, -0.05) is 12.1 Å². The molecule has 0 unspecified atom stereocenters. The number of nitrogens with two attached hydrogens (primary N) is 1. The van der Waals surface area contributed by atoms with E-state index < -0.39 is 18.7 Å². The Morgan fingerprint density at radius 1 is 1.19 bits per heavy atom. The van der Waals surface area contributed by atoms with Gasteiger partial charge in [-0.3, -0.25) is 4.79 Å². The molecule has 1 aromatic carbocycles. The Kier molecular flexibility index (Phi) is 6.88. The summed E-state index contributed by atoms with van der Waals surface area (Å²) in [5, 5.41) is 1.03. The summed E-state index contributed by atoms with van der Waals surface area (Å²) in [7, 11) is 1.95. The molecule has 0 saturated heterocycles. The van der Waals surface area contributed by atoms with Gasteiger partial charge in [-0.25, -0.2) is 19.3 Å². The van der Waals surface area contributed by atoms with Crippen LogP contribution in [-0.4, -0.2) is 71.4 Å². The molecule has 224 valence electrons. The number of aryl methyl sites for hydroxylation is 1. The highest BCUT2D eigenvalue weighted by atomic mass is 19.1. The molecule has 12 heteroatoms. The summed E-state index contributed by atoms with van der Waals surface area (Å²) in [4.78, 5) is 28.4. The lowest BCUT2D eigenvalue weighted by Crippen LogP contribution is -2.45. The van der Waals surface area contributed by atoms with Crippen LogP contribution in [0.25, 0.3) is 33.6 Å². The molecule has 2 atom stereocenters. The number of rotatable bonds is 10. The lowest BCUT2D eigenvalue weighted by molar-refractivity contribution is 0.0723. The van der Waals surface area contributed by atoms with Crippen LogP contribution in [0, 0.1) is 11.9 Å². The number of amides is 1. The van der Waals surface area contributed by atoms with Gasteiger partial charge < -0.3 is 29.1 Å². The first-order valence-corrected chi connectivity index (χ1v) is 14.7. The number of pyridine rings is 1. The monoisotopic (exact) mass is 588 g/mol. The topological polar surface area (TPSA) is 109 Å². The molecule has 2 N–H and O–H groups in total. The minimum Gasteiger partial charge on any atom is -0.487 e. The Bertz CT molecular complexity index is 1840. The second kappa shape index (κ2) is 10.7. The molecule has 0 bridgehead atoms. The van der Waals surface area contributed by atoms with Crippen LogP contribution in [0.1, 0.15) is 35.8 Å². The van der Waals surface area contributed by atoms with E-state index >= 15 is 0 Å². The molecule has 4 aromatic heterocycles. The Morgan fingerprint density at radius 2 is 2.02 bits per heavy atom. The first-order chi connectivity index (χ1) is 20.8. The second-order valence-corrected chi connectivity index (χ2v) is 11.8. The fourth-order valence-corrected chi connectivity index (χ4v) is 6.07. The van der Waals surface area contributed by atoms with Crippen molar-refractivity contribution in [3.05, 3.63) is 60.1 Å². The maximum atomic E-state index is 13.4. The average molecular weight is 589 g/mol. The van der Waals surface area contributed by atoms with Crippen molar-refractivity contribution in [3.63, 3.8) is 0 Å². The zero-order valence-corrected chi connectivity index (χ0v) is 24.2. The number of halogens is 2. The molecule has 0 radical (unpaired) electrons. The summed E-state index contributed by atoms with van der Waals surface area (Å²) in [6, 6.07) is 9.25. The third-order valence-corrected chi connectivity index (χ3v) is 8.36. The van der Waals surface area contributed by atoms with E-state index in [-0.39, 0.29) is 18.6 Å². The van der Waals surface area contributed by atoms with Crippen molar-refractivity contribution in [1.29, 1.82) is 0 Å². The van der Waals surface area contributed by atoms with Crippen molar-refractivity contribution in [1.82, 2.24) is 33.6 Å². The zero-order valence-electron chi connectivity index (χ0n) is 24.2. The van der Waals surface area contributed by atoms with E-state index in [1.54, 1.807) is 15.5 Å². The number of hydrogen-bond acceptors (Lipinski definition) is 6. The quantitative estimate of drug-likeness (QED) is 0.263. The van der Waals surface area contributed by atoms with Crippen LogP contribution in [0.4, 0.5) is 8.78 Å². The Hall–Kier alpha value is -4.32. The van der Waals surface area contributed by atoms with Gasteiger partial charge in [-0.2, -0.15) is 4.39 Å². The predicted molar refractivity (Wildman–Crippen MR) is 158 cm³/mol. The van der Waals surface area contributed by atoms with Gasteiger partial charge in [0.1, 0.15) is 24.0 Å². The molecule has 1 amide bonds. The number of imidazole rings is 2. The first-order valence-electron chi connectivity index (χ1n) is 14.7. The smallest absolute Gasteiger partial charge is 0.255 e. The fourth-order valence-electron chi connectivity index (χ4n) is 6.07. The van der Waals surface area contributed by atoms with Gasteiger partial charge in [-0.15, -0.1) is 0 Å². The molecule has 5 aromatic rings. The molecule has 10 nitrogen and oxygen atoms in total. The van der Waals surface area contributed by atoms with Crippen LogP contribution in [0.3, 0.4) is 0 Å². The number of alkyl halides is 1. The van der Waals surface area contributed by atoms with Crippen LogP contribution >= 0.6 is 0 Å². The highest BCUT2D eigenvalue weighted by Gasteiger charge is 2.30. The number of carbonyl (C=O) groups is 1. The molecule has 5 heterocycles. The van der Waals surface area contributed by atoms with Crippen LogP contribution in [0.5, 0.6) is 5.75 Å². The van der Waals surface area contributed by atoms with Gasteiger partial charge in [0.2, 0.25) is 5.95 Å². The molecular formula is C31H34F2N8O2. The van der Waals surface area contributed by atoms with Gasteiger partial charge in [0.25, 0.3) is 5.91 Å². The van der Waals surface area contributed by atoms with Crippen LogP contribution in [0.2, 0.25) is 0 Å². The lowest BCUT2D eigenvalue weighted by Gasteiger charge is -2.29. The van der Waals surface area contributed by atoms with E-state index in [0.717, 1.165) is 40.4 Å². The number of para-hydroxylation sites is 1. The molecule has 1 fully saturated rings. The maximum absolute atomic E-state index is 13.4. The van der Waals surface area contributed by atoms with E-state index in [9.17, 15) is 13.6 Å². The summed E-state index contributed by atoms with van der Waals surface area (Å²) >= 11 is 0. The average Bonchev–Trinajstić information content (AvgIpc) is 3.48. The number of carbonyl (C=O) groups excluding carboxylic acids is 1.